The van der Waals surface area contributed by atoms with Gasteiger partial charge in [-0.3, -0.25) is 4.79 Å². The topological polar surface area (TPSA) is 59.5 Å². The van der Waals surface area contributed by atoms with Crippen molar-refractivity contribution in [2.45, 2.75) is 33.2 Å². The van der Waals surface area contributed by atoms with Crippen LogP contribution in [0.3, 0.4) is 0 Å². The summed E-state index contributed by atoms with van der Waals surface area (Å²) in [5, 5.41) is 0. The predicted molar refractivity (Wildman–Crippen MR) is 65.8 cm³/mol. The molecule has 4 heteroatoms. The van der Waals surface area contributed by atoms with Gasteiger partial charge in [-0.2, -0.15) is 0 Å². The van der Waals surface area contributed by atoms with Crippen molar-refractivity contribution < 1.29 is 9.21 Å². The zero-order valence-corrected chi connectivity index (χ0v) is 10.7. The Morgan fingerprint density at radius 1 is 1.59 bits per heavy atom. The van der Waals surface area contributed by atoms with Crippen molar-refractivity contribution >= 4 is 5.91 Å². The van der Waals surface area contributed by atoms with E-state index in [1.807, 2.05) is 24.8 Å². The highest BCUT2D eigenvalue weighted by molar-refractivity contribution is 5.93. The first-order valence-corrected chi connectivity index (χ1v) is 6.11. The monoisotopic (exact) mass is 236 g/mol. The zero-order chi connectivity index (χ0) is 12.6. The fraction of sp³-hybridized carbons (Fsp3) is 0.615. The molecule has 2 heterocycles. The molecule has 1 aromatic rings. The molecule has 1 saturated heterocycles. The summed E-state index contributed by atoms with van der Waals surface area (Å²) in [6.07, 6.45) is 0.987. The van der Waals surface area contributed by atoms with Crippen LogP contribution in [0.2, 0.25) is 0 Å². The van der Waals surface area contributed by atoms with Gasteiger partial charge in [-0.05, 0) is 45.7 Å². The smallest absolute Gasteiger partial charge is 0.290 e. The maximum absolute atomic E-state index is 12.3. The second-order valence-electron chi connectivity index (χ2n) is 5.01. The highest BCUT2D eigenvalue weighted by Crippen LogP contribution is 2.25. The van der Waals surface area contributed by atoms with E-state index in [2.05, 4.69) is 6.92 Å². The molecule has 4 nitrogen and oxygen atoms in total. The normalized spacial score (nSPS) is 24.4. The number of carbonyl (C=O) groups excluding carboxylic acids is 1. The van der Waals surface area contributed by atoms with Gasteiger partial charge in [0.1, 0.15) is 5.76 Å². The third kappa shape index (κ3) is 2.22. The fourth-order valence-electron chi connectivity index (χ4n) is 2.58. The van der Waals surface area contributed by atoms with Crippen LogP contribution in [-0.2, 0) is 0 Å². The van der Waals surface area contributed by atoms with Gasteiger partial charge in [-0.25, -0.2) is 0 Å². The quantitative estimate of drug-likeness (QED) is 0.850. The number of nitrogens with zero attached hydrogens (tertiary/aromatic N) is 1. The number of hydrogen-bond donors (Lipinski definition) is 1. The van der Waals surface area contributed by atoms with Crippen molar-refractivity contribution in [2.75, 3.05) is 13.1 Å². The maximum Gasteiger partial charge on any atom is 0.290 e. The molecule has 0 aromatic carbocycles. The number of amides is 1. The highest BCUT2D eigenvalue weighted by atomic mass is 16.4. The van der Waals surface area contributed by atoms with E-state index in [0.717, 1.165) is 24.3 Å². The van der Waals surface area contributed by atoms with E-state index >= 15 is 0 Å². The Balaban J connectivity index is 2.18. The van der Waals surface area contributed by atoms with Crippen molar-refractivity contribution in [1.29, 1.82) is 0 Å². The van der Waals surface area contributed by atoms with Gasteiger partial charge in [0.2, 0.25) is 0 Å². The molecule has 2 N–H and O–H groups in total. The van der Waals surface area contributed by atoms with Crippen LogP contribution in [0.15, 0.2) is 10.5 Å². The lowest BCUT2D eigenvalue weighted by Gasteiger charge is -2.20. The largest absolute Gasteiger partial charge is 0.456 e. The molecule has 1 aliphatic rings. The first-order chi connectivity index (χ1) is 8.02. The second-order valence-corrected chi connectivity index (χ2v) is 5.01. The molecule has 0 spiro atoms. The third-order valence-electron chi connectivity index (χ3n) is 3.49. The predicted octanol–water partition coefficient (Wildman–Crippen LogP) is 1.71. The molecule has 2 unspecified atom stereocenters. The number of furan rings is 1. The minimum absolute atomic E-state index is 0.000880. The van der Waals surface area contributed by atoms with Crippen molar-refractivity contribution in [2.24, 2.45) is 11.7 Å². The van der Waals surface area contributed by atoms with E-state index in [9.17, 15) is 4.79 Å². The lowest BCUT2D eigenvalue weighted by Crippen LogP contribution is -2.34. The SMILES string of the molecule is Cc1cc(C)c(C(=O)N2CC(CN)CC2C)o1. The summed E-state index contributed by atoms with van der Waals surface area (Å²) < 4.78 is 5.48. The summed E-state index contributed by atoms with van der Waals surface area (Å²) in [5.74, 6) is 1.68. The standard InChI is InChI=1S/C13H20N2O2/c1-8-4-10(3)17-12(8)13(16)15-7-11(6-14)5-9(15)2/h4,9,11H,5-7,14H2,1-3H3. The van der Waals surface area contributed by atoms with E-state index in [1.54, 1.807) is 0 Å². The minimum atomic E-state index is -0.000880. The average Bonchev–Trinajstić information content (AvgIpc) is 2.81. The summed E-state index contributed by atoms with van der Waals surface area (Å²) >= 11 is 0. The van der Waals surface area contributed by atoms with Crippen LogP contribution in [0.4, 0.5) is 0 Å². The third-order valence-corrected chi connectivity index (χ3v) is 3.49. The molecular formula is C13H20N2O2. The Hall–Kier alpha value is -1.29. The van der Waals surface area contributed by atoms with Crippen LogP contribution in [-0.4, -0.2) is 29.9 Å². The molecule has 0 bridgehead atoms. The van der Waals surface area contributed by atoms with E-state index in [4.69, 9.17) is 10.2 Å². The van der Waals surface area contributed by atoms with Crippen molar-refractivity contribution in [3.8, 4) is 0 Å². The molecule has 0 radical (unpaired) electrons. The van der Waals surface area contributed by atoms with Crippen LogP contribution in [0.25, 0.3) is 0 Å². The number of carbonyl (C=O) groups is 1. The van der Waals surface area contributed by atoms with E-state index in [0.29, 0.717) is 18.2 Å². The Morgan fingerprint density at radius 2 is 2.29 bits per heavy atom. The van der Waals surface area contributed by atoms with Crippen molar-refractivity contribution in [3.05, 3.63) is 23.2 Å². The average molecular weight is 236 g/mol. The molecule has 1 amide bonds. The summed E-state index contributed by atoms with van der Waals surface area (Å²) in [4.78, 5) is 14.2. The van der Waals surface area contributed by atoms with E-state index in [-0.39, 0.29) is 11.9 Å². The molecule has 17 heavy (non-hydrogen) atoms. The molecule has 1 aromatic heterocycles. The van der Waals surface area contributed by atoms with Gasteiger partial charge in [-0.1, -0.05) is 0 Å². The van der Waals surface area contributed by atoms with Gasteiger partial charge in [0.15, 0.2) is 5.76 Å². The molecule has 1 aliphatic heterocycles. The molecular weight excluding hydrogens is 216 g/mol. The number of hydrogen-bond acceptors (Lipinski definition) is 3. The van der Waals surface area contributed by atoms with Crippen LogP contribution in [0, 0.1) is 19.8 Å². The second kappa shape index (κ2) is 4.53. The van der Waals surface area contributed by atoms with Crippen LogP contribution >= 0.6 is 0 Å². The minimum Gasteiger partial charge on any atom is -0.456 e. The molecule has 0 aliphatic carbocycles. The Bertz CT molecular complexity index is 425. The highest BCUT2D eigenvalue weighted by Gasteiger charge is 2.33. The van der Waals surface area contributed by atoms with Gasteiger partial charge >= 0.3 is 0 Å². The van der Waals surface area contributed by atoms with Gasteiger partial charge in [0.25, 0.3) is 5.91 Å². The van der Waals surface area contributed by atoms with E-state index < -0.39 is 0 Å². The van der Waals surface area contributed by atoms with Crippen LogP contribution in [0.1, 0.15) is 35.2 Å². The first-order valence-electron chi connectivity index (χ1n) is 6.11. The maximum atomic E-state index is 12.3. The zero-order valence-electron chi connectivity index (χ0n) is 10.7. The van der Waals surface area contributed by atoms with Gasteiger partial charge in [-0.15, -0.1) is 0 Å². The number of rotatable bonds is 2. The number of nitrogens with two attached hydrogens (primary N) is 1. The van der Waals surface area contributed by atoms with Gasteiger partial charge in [0.05, 0.1) is 0 Å². The van der Waals surface area contributed by atoms with E-state index in [1.165, 1.54) is 0 Å². The molecule has 2 rings (SSSR count). The Labute approximate surface area is 102 Å². The Morgan fingerprint density at radius 3 is 2.76 bits per heavy atom. The number of likely N-dealkylation sites (tertiary alicyclic amines) is 1. The van der Waals surface area contributed by atoms with Crippen molar-refractivity contribution in [1.82, 2.24) is 4.90 Å². The summed E-state index contributed by atoms with van der Waals surface area (Å²) in [6.45, 7) is 7.23. The summed E-state index contributed by atoms with van der Waals surface area (Å²) in [7, 11) is 0. The number of aryl methyl sites for hydroxylation is 2. The summed E-state index contributed by atoms with van der Waals surface area (Å²) in [5.41, 5.74) is 6.58. The van der Waals surface area contributed by atoms with Crippen molar-refractivity contribution in [3.63, 3.8) is 0 Å². The fourth-order valence-corrected chi connectivity index (χ4v) is 2.58. The first kappa shape index (κ1) is 12.2. The molecule has 94 valence electrons. The molecule has 1 fully saturated rings. The Kier molecular flexibility index (Phi) is 3.24. The molecule has 0 saturated carbocycles. The lowest BCUT2D eigenvalue weighted by molar-refractivity contribution is 0.0708. The van der Waals surface area contributed by atoms with Crippen LogP contribution < -0.4 is 5.73 Å². The van der Waals surface area contributed by atoms with Gasteiger partial charge in [0, 0.05) is 18.2 Å². The van der Waals surface area contributed by atoms with Crippen LogP contribution in [0.5, 0.6) is 0 Å². The van der Waals surface area contributed by atoms with Gasteiger partial charge < -0.3 is 15.1 Å². The lowest BCUT2D eigenvalue weighted by atomic mass is 10.1. The molecule has 2 atom stereocenters. The summed E-state index contributed by atoms with van der Waals surface area (Å²) in [6, 6.07) is 2.15.